The molecule has 1 N–H and O–H groups in total. The molecular weight excluding hydrogens is 294 g/mol. The molecule has 1 aromatic rings. The molecule has 1 aromatic carbocycles. The fourth-order valence-electron chi connectivity index (χ4n) is 2.54. The van der Waals surface area contributed by atoms with Gasteiger partial charge in [-0.15, -0.1) is 0 Å². The van der Waals surface area contributed by atoms with Gasteiger partial charge in [0.1, 0.15) is 5.75 Å². The summed E-state index contributed by atoms with van der Waals surface area (Å²) in [6.07, 6.45) is 6.49. The van der Waals surface area contributed by atoms with E-state index in [-0.39, 0.29) is 0 Å². The maximum Gasteiger partial charge on any atom is 0.120 e. The van der Waals surface area contributed by atoms with E-state index in [4.69, 9.17) is 16.3 Å². The molecule has 112 valence electrons. The van der Waals surface area contributed by atoms with E-state index in [1.807, 2.05) is 6.07 Å². The van der Waals surface area contributed by atoms with Crippen LogP contribution in [-0.4, -0.2) is 30.2 Å². The average molecular weight is 316 g/mol. The highest BCUT2D eigenvalue weighted by atomic mass is 35.5. The molecule has 0 radical (unpaired) electrons. The Morgan fingerprint density at radius 2 is 2.15 bits per heavy atom. The number of piperidine rings is 1. The second-order valence-corrected chi connectivity index (χ2v) is 6.99. The largest absolute Gasteiger partial charge is 0.494 e. The molecule has 0 bridgehead atoms. The van der Waals surface area contributed by atoms with Crippen LogP contribution < -0.4 is 10.1 Å². The molecule has 1 atom stereocenters. The van der Waals surface area contributed by atoms with E-state index in [1.54, 1.807) is 18.4 Å². The zero-order valence-corrected chi connectivity index (χ0v) is 13.4. The van der Waals surface area contributed by atoms with E-state index in [2.05, 4.69) is 5.32 Å². The van der Waals surface area contributed by atoms with E-state index >= 15 is 0 Å². The van der Waals surface area contributed by atoms with Crippen LogP contribution in [0.2, 0.25) is 5.02 Å². The van der Waals surface area contributed by atoms with E-state index in [0.29, 0.717) is 9.92 Å². The van der Waals surface area contributed by atoms with Crippen LogP contribution >= 0.6 is 11.6 Å². The maximum atomic E-state index is 11.4. The maximum absolute atomic E-state index is 11.4. The summed E-state index contributed by atoms with van der Waals surface area (Å²) in [4.78, 5) is 0.661. The van der Waals surface area contributed by atoms with Gasteiger partial charge in [0, 0.05) is 6.26 Å². The average Bonchev–Trinajstić information content (AvgIpc) is 2.44. The summed E-state index contributed by atoms with van der Waals surface area (Å²) in [5, 5.41) is 3.90. The third-order valence-corrected chi connectivity index (χ3v) is 5.10. The van der Waals surface area contributed by atoms with Crippen molar-refractivity contribution >= 4 is 22.4 Å². The van der Waals surface area contributed by atoms with Gasteiger partial charge in [0.25, 0.3) is 0 Å². The first kappa shape index (κ1) is 15.8. The monoisotopic (exact) mass is 315 g/mol. The second-order valence-electron chi connectivity index (χ2n) is 5.23. The van der Waals surface area contributed by atoms with Crippen LogP contribution in [0.4, 0.5) is 0 Å². The lowest BCUT2D eigenvalue weighted by atomic mass is 9.93. The smallest absolute Gasteiger partial charge is 0.120 e. The molecule has 5 heteroatoms. The number of ether oxygens (including phenoxy) is 1. The molecule has 1 aliphatic heterocycles. The first-order valence-electron chi connectivity index (χ1n) is 7.13. The molecule has 1 fully saturated rings. The number of nitrogens with one attached hydrogen (secondary N) is 1. The summed E-state index contributed by atoms with van der Waals surface area (Å²) < 4.78 is 17.1. The Labute approximate surface area is 128 Å². The van der Waals surface area contributed by atoms with Gasteiger partial charge in [-0.05, 0) is 62.9 Å². The third kappa shape index (κ3) is 4.76. The Morgan fingerprint density at radius 1 is 1.40 bits per heavy atom. The summed E-state index contributed by atoms with van der Waals surface area (Å²) in [5.41, 5.74) is 0. The van der Waals surface area contributed by atoms with Crippen LogP contribution in [0.3, 0.4) is 0 Å². The predicted octanol–water partition coefficient (Wildman–Crippen LogP) is 3.24. The minimum absolute atomic E-state index is 0.515. The summed E-state index contributed by atoms with van der Waals surface area (Å²) >= 11 is 6.08. The van der Waals surface area contributed by atoms with Crippen molar-refractivity contribution in [1.82, 2.24) is 5.32 Å². The SMILES string of the molecule is CS(=O)c1ccc(OCCCC2CCNCC2)cc1Cl. The summed E-state index contributed by atoms with van der Waals surface area (Å²) in [6, 6.07) is 5.37. The molecule has 1 unspecified atom stereocenters. The molecule has 1 aliphatic rings. The van der Waals surface area contributed by atoms with Crippen LogP contribution in [0, 0.1) is 5.92 Å². The predicted molar refractivity (Wildman–Crippen MR) is 84.1 cm³/mol. The quantitative estimate of drug-likeness (QED) is 0.819. The van der Waals surface area contributed by atoms with Gasteiger partial charge in [0.15, 0.2) is 0 Å². The standard InChI is InChI=1S/C15H22ClNO2S/c1-20(18)15-5-4-13(11-14(15)16)19-10-2-3-12-6-8-17-9-7-12/h4-5,11-12,17H,2-3,6-10H2,1H3. The van der Waals surface area contributed by atoms with Gasteiger partial charge in [-0.1, -0.05) is 11.6 Å². The number of rotatable bonds is 6. The number of hydrogen-bond donors (Lipinski definition) is 1. The Bertz CT molecular complexity index is 461. The van der Waals surface area contributed by atoms with E-state index in [1.165, 1.54) is 19.3 Å². The van der Waals surface area contributed by atoms with Gasteiger partial charge in [0.2, 0.25) is 0 Å². The fraction of sp³-hybridized carbons (Fsp3) is 0.600. The molecule has 1 heterocycles. The Balaban J connectivity index is 1.73. The first-order chi connectivity index (χ1) is 9.66. The molecule has 2 rings (SSSR count). The topological polar surface area (TPSA) is 38.3 Å². The molecule has 3 nitrogen and oxygen atoms in total. The molecule has 1 saturated heterocycles. The molecular formula is C15H22ClNO2S. The van der Waals surface area contributed by atoms with Crippen LogP contribution in [-0.2, 0) is 10.8 Å². The van der Waals surface area contributed by atoms with Gasteiger partial charge in [-0.3, -0.25) is 4.21 Å². The Hall–Kier alpha value is -0.580. The van der Waals surface area contributed by atoms with Gasteiger partial charge in [-0.25, -0.2) is 0 Å². The summed E-state index contributed by atoms with van der Waals surface area (Å²) in [7, 11) is -1.05. The first-order valence-corrected chi connectivity index (χ1v) is 9.07. The molecule has 0 aliphatic carbocycles. The molecule has 0 spiro atoms. The Morgan fingerprint density at radius 3 is 2.80 bits per heavy atom. The molecule has 0 amide bonds. The highest BCUT2D eigenvalue weighted by Gasteiger charge is 2.12. The second kappa shape index (κ2) is 8.01. The fourth-order valence-corrected chi connectivity index (χ4v) is 3.63. The van der Waals surface area contributed by atoms with Crippen molar-refractivity contribution in [3.8, 4) is 5.75 Å². The van der Waals surface area contributed by atoms with Crippen molar-refractivity contribution in [2.24, 2.45) is 5.92 Å². The minimum atomic E-state index is -1.05. The molecule has 20 heavy (non-hydrogen) atoms. The lowest BCUT2D eigenvalue weighted by Crippen LogP contribution is -2.27. The summed E-state index contributed by atoms with van der Waals surface area (Å²) in [5.74, 6) is 1.60. The van der Waals surface area contributed by atoms with Crippen molar-refractivity contribution < 1.29 is 8.95 Å². The number of benzene rings is 1. The van der Waals surface area contributed by atoms with Gasteiger partial charge < -0.3 is 10.1 Å². The van der Waals surface area contributed by atoms with Crippen molar-refractivity contribution in [2.45, 2.75) is 30.6 Å². The van der Waals surface area contributed by atoms with E-state index in [9.17, 15) is 4.21 Å². The van der Waals surface area contributed by atoms with Crippen molar-refractivity contribution in [2.75, 3.05) is 26.0 Å². The normalized spacial score (nSPS) is 17.9. The van der Waals surface area contributed by atoms with Crippen LogP contribution in [0.5, 0.6) is 5.75 Å². The number of halogens is 1. The van der Waals surface area contributed by atoms with Gasteiger partial charge in [0.05, 0.1) is 27.3 Å². The highest BCUT2D eigenvalue weighted by molar-refractivity contribution is 7.84. The summed E-state index contributed by atoms with van der Waals surface area (Å²) in [6.45, 7) is 3.02. The van der Waals surface area contributed by atoms with Crippen LogP contribution in [0.25, 0.3) is 0 Å². The molecule has 0 aromatic heterocycles. The van der Waals surface area contributed by atoms with E-state index < -0.39 is 10.8 Å². The lowest BCUT2D eigenvalue weighted by molar-refractivity contribution is 0.273. The van der Waals surface area contributed by atoms with Crippen LogP contribution in [0.1, 0.15) is 25.7 Å². The Kier molecular flexibility index (Phi) is 6.33. The van der Waals surface area contributed by atoms with E-state index in [0.717, 1.165) is 37.8 Å². The zero-order chi connectivity index (χ0) is 14.4. The van der Waals surface area contributed by atoms with Crippen molar-refractivity contribution in [3.63, 3.8) is 0 Å². The van der Waals surface area contributed by atoms with Gasteiger partial charge in [-0.2, -0.15) is 0 Å². The van der Waals surface area contributed by atoms with Crippen molar-refractivity contribution in [1.29, 1.82) is 0 Å². The lowest BCUT2D eigenvalue weighted by Gasteiger charge is -2.22. The zero-order valence-electron chi connectivity index (χ0n) is 11.9. The molecule has 0 saturated carbocycles. The van der Waals surface area contributed by atoms with Gasteiger partial charge >= 0.3 is 0 Å². The van der Waals surface area contributed by atoms with Crippen molar-refractivity contribution in [3.05, 3.63) is 23.2 Å². The highest BCUT2D eigenvalue weighted by Crippen LogP contribution is 2.25. The number of hydrogen-bond acceptors (Lipinski definition) is 3. The van der Waals surface area contributed by atoms with Crippen LogP contribution in [0.15, 0.2) is 23.1 Å². The third-order valence-electron chi connectivity index (χ3n) is 3.70. The minimum Gasteiger partial charge on any atom is -0.494 e.